The molecule has 0 radical (unpaired) electrons. The van der Waals surface area contributed by atoms with Gasteiger partial charge in [-0.3, -0.25) is 4.79 Å². The Morgan fingerprint density at radius 1 is 1.15 bits per heavy atom. The Balaban J connectivity index is 1.69. The van der Waals surface area contributed by atoms with Gasteiger partial charge in [0, 0.05) is 0 Å². The minimum atomic E-state index is -0.193. The fourth-order valence-electron chi connectivity index (χ4n) is 2.53. The van der Waals surface area contributed by atoms with E-state index in [4.69, 9.17) is 0 Å². The van der Waals surface area contributed by atoms with Crippen molar-refractivity contribution in [3.63, 3.8) is 0 Å². The van der Waals surface area contributed by atoms with Crippen LogP contribution in [-0.4, -0.2) is 31.2 Å². The van der Waals surface area contributed by atoms with Gasteiger partial charge in [0.05, 0.1) is 17.8 Å². The van der Waals surface area contributed by atoms with E-state index in [-0.39, 0.29) is 23.5 Å². The van der Waals surface area contributed by atoms with E-state index in [9.17, 15) is 9.90 Å². The molecule has 2 aromatic carbocycles. The smallest absolute Gasteiger partial charge is 0.228 e. The van der Waals surface area contributed by atoms with Crippen LogP contribution < -0.4 is 5.32 Å². The van der Waals surface area contributed by atoms with E-state index in [0.717, 1.165) is 16.8 Å². The van der Waals surface area contributed by atoms with Crippen molar-refractivity contribution < 1.29 is 9.90 Å². The summed E-state index contributed by atoms with van der Waals surface area (Å²) in [6, 6.07) is 12.7. The van der Waals surface area contributed by atoms with Crippen molar-refractivity contribution in [2.75, 3.05) is 5.32 Å². The maximum Gasteiger partial charge on any atom is 0.228 e. The van der Waals surface area contributed by atoms with Gasteiger partial charge in [0.2, 0.25) is 5.91 Å². The molecule has 3 rings (SSSR count). The van der Waals surface area contributed by atoms with Gasteiger partial charge in [0.15, 0.2) is 0 Å². The average Bonchev–Trinajstić information content (AvgIpc) is 3.11. The second kappa shape index (κ2) is 6.95. The van der Waals surface area contributed by atoms with Gasteiger partial charge in [-0.05, 0) is 51.2 Å². The third-order valence-corrected chi connectivity index (χ3v) is 4.05. The molecule has 7 heteroatoms. The van der Waals surface area contributed by atoms with E-state index in [1.807, 2.05) is 36.4 Å². The molecule has 0 aliphatic heterocycles. The molecular weight excluding hydrogens is 330 g/mol. The number of carbonyl (C=O) groups is 1. The first-order valence-corrected chi connectivity index (χ1v) is 8.28. The summed E-state index contributed by atoms with van der Waals surface area (Å²) >= 11 is 0. The molecule has 0 unspecified atom stereocenters. The molecule has 1 heterocycles. The molecule has 0 aliphatic carbocycles. The Morgan fingerprint density at radius 2 is 1.88 bits per heavy atom. The van der Waals surface area contributed by atoms with E-state index in [1.165, 1.54) is 6.33 Å². The predicted molar refractivity (Wildman–Crippen MR) is 98.3 cm³/mol. The number of anilines is 1. The van der Waals surface area contributed by atoms with E-state index >= 15 is 0 Å². The quantitative estimate of drug-likeness (QED) is 0.705. The molecule has 1 aromatic heterocycles. The average molecular weight is 351 g/mol. The largest absolute Gasteiger partial charge is 0.506 e. The summed E-state index contributed by atoms with van der Waals surface area (Å²) in [5, 5.41) is 23.8. The predicted octanol–water partition coefficient (Wildman–Crippen LogP) is 2.85. The maximum absolute atomic E-state index is 12.3. The van der Waals surface area contributed by atoms with Gasteiger partial charge >= 0.3 is 0 Å². The lowest BCUT2D eigenvalue weighted by Crippen LogP contribution is -2.16. The number of carbonyl (C=O) groups excluding carboxylic acids is 1. The van der Waals surface area contributed by atoms with Crippen LogP contribution in [0, 0.1) is 0 Å². The normalized spacial score (nSPS) is 11.3. The summed E-state index contributed by atoms with van der Waals surface area (Å²) in [5.41, 5.74) is 3.06. The molecule has 0 atom stereocenters. The third kappa shape index (κ3) is 4.05. The first kappa shape index (κ1) is 17.6. The van der Waals surface area contributed by atoms with Crippen LogP contribution in [0.1, 0.15) is 31.9 Å². The molecule has 26 heavy (non-hydrogen) atoms. The monoisotopic (exact) mass is 351 g/mol. The zero-order chi connectivity index (χ0) is 18.7. The number of amides is 1. The fraction of sp³-hybridized carbons (Fsp3) is 0.263. The summed E-state index contributed by atoms with van der Waals surface area (Å²) in [6.07, 6.45) is 1.71. The van der Waals surface area contributed by atoms with Gasteiger partial charge in [0.1, 0.15) is 12.1 Å². The lowest BCUT2D eigenvalue weighted by Gasteiger charge is -2.20. The van der Waals surface area contributed by atoms with Crippen molar-refractivity contribution in [2.45, 2.75) is 32.6 Å². The Bertz CT molecular complexity index is 897. The topological polar surface area (TPSA) is 92.9 Å². The van der Waals surface area contributed by atoms with Crippen molar-refractivity contribution in [1.82, 2.24) is 20.2 Å². The molecule has 0 fully saturated rings. The Morgan fingerprint density at radius 3 is 2.50 bits per heavy atom. The zero-order valence-electron chi connectivity index (χ0n) is 15.0. The zero-order valence-corrected chi connectivity index (χ0v) is 15.0. The lowest BCUT2D eigenvalue weighted by molar-refractivity contribution is -0.115. The third-order valence-electron chi connectivity index (χ3n) is 4.05. The van der Waals surface area contributed by atoms with E-state index in [0.29, 0.717) is 5.69 Å². The van der Waals surface area contributed by atoms with Crippen LogP contribution in [0.4, 0.5) is 5.69 Å². The lowest BCUT2D eigenvalue weighted by atomic mass is 9.87. The number of tetrazole rings is 1. The molecule has 134 valence electrons. The molecule has 7 nitrogen and oxygen atoms in total. The molecule has 1 amide bonds. The minimum Gasteiger partial charge on any atom is -0.506 e. The number of hydrogen-bond donors (Lipinski definition) is 2. The summed E-state index contributed by atoms with van der Waals surface area (Å²) in [5.74, 6) is -0.137. The second-order valence-electron chi connectivity index (χ2n) is 7.13. The number of aromatic nitrogens is 4. The highest BCUT2D eigenvalue weighted by atomic mass is 16.3. The Labute approximate surface area is 151 Å². The molecule has 0 saturated heterocycles. The van der Waals surface area contributed by atoms with Crippen molar-refractivity contribution in [3.8, 4) is 11.4 Å². The van der Waals surface area contributed by atoms with Gasteiger partial charge in [-0.25, -0.2) is 4.68 Å². The Kier molecular flexibility index (Phi) is 4.71. The minimum absolute atomic E-state index is 0.0559. The number of nitrogens with one attached hydrogen (secondary N) is 1. The van der Waals surface area contributed by atoms with Crippen LogP contribution in [0.5, 0.6) is 5.75 Å². The number of rotatable bonds is 4. The van der Waals surface area contributed by atoms with Crippen LogP contribution in [0.3, 0.4) is 0 Å². The van der Waals surface area contributed by atoms with E-state index in [2.05, 4.69) is 41.6 Å². The summed E-state index contributed by atoms with van der Waals surface area (Å²) < 4.78 is 1.54. The van der Waals surface area contributed by atoms with Crippen LogP contribution in [0.2, 0.25) is 0 Å². The van der Waals surface area contributed by atoms with Gasteiger partial charge < -0.3 is 10.4 Å². The summed E-state index contributed by atoms with van der Waals surface area (Å²) in [6.45, 7) is 6.24. The molecular formula is C19H21N5O2. The molecule has 0 spiro atoms. The van der Waals surface area contributed by atoms with Crippen molar-refractivity contribution in [3.05, 3.63) is 59.9 Å². The van der Waals surface area contributed by atoms with Crippen LogP contribution >= 0.6 is 0 Å². The van der Waals surface area contributed by atoms with Crippen molar-refractivity contribution in [2.24, 2.45) is 0 Å². The van der Waals surface area contributed by atoms with Gasteiger partial charge in [-0.1, -0.05) is 39.0 Å². The summed E-state index contributed by atoms with van der Waals surface area (Å²) in [4.78, 5) is 12.3. The van der Waals surface area contributed by atoms with Gasteiger partial charge in [-0.15, -0.1) is 5.10 Å². The Hall–Kier alpha value is -3.22. The molecule has 2 N–H and O–H groups in total. The highest BCUT2D eigenvalue weighted by molar-refractivity contribution is 5.93. The number of nitrogens with zero attached hydrogens (tertiary/aromatic N) is 4. The van der Waals surface area contributed by atoms with Crippen molar-refractivity contribution >= 4 is 11.6 Å². The molecule has 0 saturated carbocycles. The second-order valence-corrected chi connectivity index (χ2v) is 7.13. The van der Waals surface area contributed by atoms with Gasteiger partial charge in [-0.2, -0.15) is 0 Å². The van der Waals surface area contributed by atoms with Crippen LogP contribution in [0.15, 0.2) is 48.8 Å². The first-order valence-electron chi connectivity index (χ1n) is 8.28. The standard InChI is InChI=1S/C19H21N5O2/c1-19(2,3)14-6-9-17(25)16(11-14)21-18(26)10-13-4-7-15(8-5-13)24-12-20-22-23-24/h4-9,11-12,25H,10H2,1-3H3,(H,21,26). The van der Waals surface area contributed by atoms with E-state index in [1.54, 1.807) is 10.7 Å². The highest BCUT2D eigenvalue weighted by Gasteiger charge is 2.16. The number of phenolic OH excluding ortho intramolecular Hbond substituents is 1. The van der Waals surface area contributed by atoms with Gasteiger partial charge in [0.25, 0.3) is 0 Å². The number of hydrogen-bond acceptors (Lipinski definition) is 5. The molecule has 3 aromatic rings. The maximum atomic E-state index is 12.3. The fourth-order valence-corrected chi connectivity index (χ4v) is 2.53. The first-order chi connectivity index (χ1) is 12.3. The van der Waals surface area contributed by atoms with Crippen molar-refractivity contribution in [1.29, 1.82) is 0 Å². The van der Waals surface area contributed by atoms with Crippen LogP contribution in [-0.2, 0) is 16.6 Å². The highest BCUT2D eigenvalue weighted by Crippen LogP contribution is 2.30. The number of aromatic hydroxyl groups is 1. The van der Waals surface area contributed by atoms with E-state index < -0.39 is 0 Å². The van der Waals surface area contributed by atoms with Crippen LogP contribution in [0.25, 0.3) is 5.69 Å². The molecule has 0 bridgehead atoms. The summed E-state index contributed by atoms with van der Waals surface area (Å²) in [7, 11) is 0. The SMILES string of the molecule is CC(C)(C)c1ccc(O)c(NC(=O)Cc2ccc(-n3cnnn3)cc2)c1. The number of phenols is 1. The molecule has 0 aliphatic rings. The number of benzene rings is 2.